The van der Waals surface area contributed by atoms with Crippen molar-refractivity contribution in [3.8, 4) is 0 Å². The molecule has 4 rings (SSSR count). The maximum absolute atomic E-state index is 13.5. The zero-order valence-corrected chi connectivity index (χ0v) is 19.0. The molecule has 0 radical (unpaired) electrons. The molecule has 2 aliphatic rings. The summed E-state index contributed by atoms with van der Waals surface area (Å²) < 4.78 is 26.6. The van der Waals surface area contributed by atoms with E-state index in [0.29, 0.717) is 37.5 Å². The Labute approximate surface area is 195 Å². The van der Waals surface area contributed by atoms with Gasteiger partial charge in [-0.3, -0.25) is 14.4 Å². The molecule has 2 heterocycles. The minimum atomic E-state index is -1.06. The fourth-order valence-electron chi connectivity index (χ4n) is 4.06. The van der Waals surface area contributed by atoms with Crippen LogP contribution in [0.5, 0.6) is 0 Å². The summed E-state index contributed by atoms with van der Waals surface area (Å²) in [6.07, 6.45) is 2.08. The summed E-state index contributed by atoms with van der Waals surface area (Å²) in [5.41, 5.74) is 0.621. The predicted octanol–water partition coefficient (Wildman–Crippen LogP) is 3.28. The Morgan fingerprint density at radius 2 is 1.39 bits per heavy atom. The topological polar surface area (TPSA) is 60.9 Å². The minimum absolute atomic E-state index is 0.0816. The Kier molecular flexibility index (Phi) is 7.27. The van der Waals surface area contributed by atoms with Crippen LogP contribution >= 0.6 is 11.8 Å². The van der Waals surface area contributed by atoms with Crippen LogP contribution < -0.4 is 0 Å². The SMILES string of the molecule is O=C(CSc1ccccc1C(=O)N1CCN(C(=O)c2ccc(F)c(F)c2)CC1)N1CCCC1. The normalized spacial score (nSPS) is 16.2. The highest BCUT2D eigenvalue weighted by Crippen LogP contribution is 2.25. The molecule has 0 N–H and O–H groups in total. The molecule has 2 saturated heterocycles. The highest BCUT2D eigenvalue weighted by atomic mass is 32.2. The molecule has 0 unspecified atom stereocenters. The Morgan fingerprint density at radius 1 is 0.758 bits per heavy atom. The molecule has 2 fully saturated rings. The van der Waals surface area contributed by atoms with Crippen molar-refractivity contribution >= 4 is 29.5 Å². The van der Waals surface area contributed by atoms with E-state index in [4.69, 9.17) is 0 Å². The third-order valence-electron chi connectivity index (χ3n) is 5.95. The number of nitrogens with zero attached hydrogens (tertiary/aromatic N) is 3. The van der Waals surface area contributed by atoms with Crippen LogP contribution in [-0.2, 0) is 4.79 Å². The molecule has 0 spiro atoms. The quantitative estimate of drug-likeness (QED) is 0.626. The fraction of sp³-hybridized carbons (Fsp3) is 0.375. The average Bonchev–Trinajstić information content (AvgIpc) is 3.39. The first kappa shape index (κ1) is 23.2. The van der Waals surface area contributed by atoms with E-state index in [0.717, 1.165) is 43.0 Å². The second kappa shape index (κ2) is 10.3. The number of halogens is 2. The van der Waals surface area contributed by atoms with E-state index < -0.39 is 17.5 Å². The molecule has 0 bridgehead atoms. The van der Waals surface area contributed by atoms with Gasteiger partial charge in [-0.1, -0.05) is 12.1 Å². The summed E-state index contributed by atoms with van der Waals surface area (Å²) in [5.74, 6) is -2.22. The number of benzene rings is 2. The molecule has 0 aromatic heterocycles. The van der Waals surface area contributed by atoms with Gasteiger partial charge in [0.2, 0.25) is 5.91 Å². The van der Waals surface area contributed by atoms with Crippen LogP contribution in [0.4, 0.5) is 8.78 Å². The molecule has 33 heavy (non-hydrogen) atoms. The molecule has 0 aliphatic carbocycles. The first-order chi connectivity index (χ1) is 15.9. The number of piperazine rings is 1. The predicted molar refractivity (Wildman–Crippen MR) is 121 cm³/mol. The van der Waals surface area contributed by atoms with Gasteiger partial charge in [0.25, 0.3) is 11.8 Å². The maximum atomic E-state index is 13.5. The van der Waals surface area contributed by atoms with Gasteiger partial charge < -0.3 is 14.7 Å². The summed E-state index contributed by atoms with van der Waals surface area (Å²) >= 11 is 1.37. The number of rotatable bonds is 5. The largest absolute Gasteiger partial charge is 0.342 e. The maximum Gasteiger partial charge on any atom is 0.255 e. The number of hydrogen-bond donors (Lipinski definition) is 0. The van der Waals surface area contributed by atoms with Crippen molar-refractivity contribution in [2.75, 3.05) is 45.0 Å². The number of hydrogen-bond acceptors (Lipinski definition) is 4. The number of likely N-dealkylation sites (tertiary alicyclic amines) is 1. The van der Waals surface area contributed by atoms with Gasteiger partial charge in [0, 0.05) is 49.7 Å². The number of amides is 3. The molecule has 9 heteroatoms. The average molecular weight is 474 g/mol. The number of carbonyl (C=O) groups excluding carboxylic acids is 3. The first-order valence-electron chi connectivity index (χ1n) is 11.0. The Morgan fingerprint density at radius 3 is 2.06 bits per heavy atom. The van der Waals surface area contributed by atoms with Gasteiger partial charge in [-0.15, -0.1) is 11.8 Å². The standard InChI is InChI=1S/C24H25F2N3O3S/c25-19-8-7-17(15-20(19)26)23(31)28-11-13-29(14-12-28)24(32)18-5-1-2-6-21(18)33-16-22(30)27-9-3-4-10-27/h1-2,5-8,15H,3-4,9-14,16H2. The second-order valence-corrected chi connectivity index (χ2v) is 9.10. The van der Waals surface area contributed by atoms with Crippen molar-refractivity contribution in [3.63, 3.8) is 0 Å². The smallest absolute Gasteiger partial charge is 0.255 e. The molecule has 0 saturated carbocycles. The van der Waals surface area contributed by atoms with Crippen LogP contribution in [0.1, 0.15) is 33.6 Å². The van der Waals surface area contributed by atoms with Gasteiger partial charge in [-0.25, -0.2) is 8.78 Å². The molecular formula is C24H25F2N3O3S. The summed E-state index contributed by atoms with van der Waals surface area (Å²) in [4.78, 5) is 44.0. The molecule has 174 valence electrons. The zero-order valence-electron chi connectivity index (χ0n) is 18.1. The van der Waals surface area contributed by atoms with E-state index in [-0.39, 0.29) is 17.4 Å². The third kappa shape index (κ3) is 5.35. The van der Waals surface area contributed by atoms with Crippen molar-refractivity contribution < 1.29 is 23.2 Å². The Balaban J connectivity index is 1.36. The number of thioether (sulfide) groups is 1. The van der Waals surface area contributed by atoms with Crippen LogP contribution in [0.3, 0.4) is 0 Å². The zero-order chi connectivity index (χ0) is 23.4. The van der Waals surface area contributed by atoms with Gasteiger partial charge in [0.05, 0.1) is 11.3 Å². The third-order valence-corrected chi connectivity index (χ3v) is 7.01. The summed E-state index contributed by atoms with van der Waals surface area (Å²) in [5, 5.41) is 0. The minimum Gasteiger partial charge on any atom is -0.342 e. The molecule has 3 amide bonds. The highest BCUT2D eigenvalue weighted by molar-refractivity contribution is 8.00. The van der Waals surface area contributed by atoms with Crippen LogP contribution in [0.15, 0.2) is 47.4 Å². The van der Waals surface area contributed by atoms with Crippen molar-refractivity contribution in [2.45, 2.75) is 17.7 Å². The summed E-state index contributed by atoms with van der Waals surface area (Å²) in [7, 11) is 0. The first-order valence-corrected chi connectivity index (χ1v) is 12.0. The van der Waals surface area contributed by atoms with Gasteiger partial charge >= 0.3 is 0 Å². The van der Waals surface area contributed by atoms with Crippen LogP contribution in [0.25, 0.3) is 0 Å². The summed E-state index contributed by atoms with van der Waals surface area (Å²) in [6.45, 7) is 2.86. The Hall–Kier alpha value is -2.94. The van der Waals surface area contributed by atoms with Gasteiger partial charge in [-0.2, -0.15) is 0 Å². The summed E-state index contributed by atoms with van der Waals surface area (Å²) in [6, 6.07) is 10.3. The van der Waals surface area contributed by atoms with E-state index in [1.54, 1.807) is 17.0 Å². The van der Waals surface area contributed by atoms with Crippen molar-refractivity contribution in [1.29, 1.82) is 0 Å². The van der Waals surface area contributed by atoms with E-state index in [2.05, 4.69) is 0 Å². The second-order valence-electron chi connectivity index (χ2n) is 8.09. The van der Waals surface area contributed by atoms with E-state index >= 15 is 0 Å². The lowest BCUT2D eigenvalue weighted by Gasteiger charge is -2.35. The van der Waals surface area contributed by atoms with Crippen LogP contribution in [0.2, 0.25) is 0 Å². The van der Waals surface area contributed by atoms with Crippen molar-refractivity contribution in [3.05, 3.63) is 65.2 Å². The number of carbonyl (C=O) groups is 3. The molecule has 2 aromatic rings. The lowest BCUT2D eigenvalue weighted by atomic mass is 10.1. The van der Waals surface area contributed by atoms with Crippen LogP contribution in [0, 0.1) is 11.6 Å². The molecule has 6 nitrogen and oxygen atoms in total. The molecule has 0 atom stereocenters. The van der Waals surface area contributed by atoms with Crippen molar-refractivity contribution in [2.24, 2.45) is 0 Å². The highest BCUT2D eigenvalue weighted by Gasteiger charge is 2.27. The van der Waals surface area contributed by atoms with Crippen molar-refractivity contribution in [1.82, 2.24) is 14.7 Å². The molecule has 2 aliphatic heterocycles. The monoisotopic (exact) mass is 473 g/mol. The van der Waals surface area contributed by atoms with E-state index in [9.17, 15) is 23.2 Å². The Bertz CT molecular complexity index is 1050. The van der Waals surface area contributed by atoms with E-state index in [1.165, 1.54) is 22.7 Å². The van der Waals surface area contributed by atoms with Crippen LogP contribution in [-0.4, -0.2) is 77.4 Å². The lowest BCUT2D eigenvalue weighted by Crippen LogP contribution is -2.50. The van der Waals surface area contributed by atoms with Gasteiger partial charge in [-0.05, 0) is 43.2 Å². The van der Waals surface area contributed by atoms with Gasteiger partial charge in [0.15, 0.2) is 11.6 Å². The molecular weight excluding hydrogens is 448 g/mol. The fourth-order valence-corrected chi connectivity index (χ4v) is 5.01. The van der Waals surface area contributed by atoms with E-state index in [1.807, 2.05) is 17.0 Å². The lowest BCUT2D eigenvalue weighted by molar-refractivity contribution is -0.127. The molecule has 2 aromatic carbocycles. The van der Waals surface area contributed by atoms with Gasteiger partial charge in [0.1, 0.15) is 0 Å².